The number of fused-ring (bicyclic) bond motifs is 3. The molecule has 4 aromatic heterocycles. The minimum atomic E-state index is -1.14. The van der Waals surface area contributed by atoms with E-state index in [1.807, 2.05) is 6.07 Å². The molecule has 2 N–H and O–H groups in total. The van der Waals surface area contributed by atoms with Crippen LogP contribution in [0.5, 0.6) is 5.75 Å². The summed E-state index contributed by atoms with van der Waals surface area (Å²) < 4.78 is 23.4. The zero-order valence-electron chi connectivity index (χ0n) is 19.5. The number of nitrogens with zero attached hydrogens (tertiary/aromatic N) is 7. The smallest absolute Gasteiger partial charge is 0.209 e. The van der Waals surface area contributed by atoms with E-state index in [0.717, 1.165) is 5.56 Å². The van der Waals surface area contributed by atoms with Crippen molar-refractivity contribution in [1.82, 2.24) is 29.0 Å². The fourth-order valence-corrected chi connectivity index (χ4v) is 4.68. The quantitative estimate of drug-likeness (QED) is 0.390. The Balaban J connectivity index is 1.46. The first kappa shape index (κ1) is 21.9. The number of nitriles is 1. The number of anilines is 1. The van der Waals surface area contributed by atoms with Gasteiger partial charge >= 0.3 is 0 Å². The Morgan fingerprint density at radius 1 is 1.19 bits per heavy atom. The zero-order chi connectivity index (χ0) is 25.0. The number of halogens is 1. The molecule has 0 fully saturated rings. The summed E-state index contributed by atoms with van der Waals surface area (Å²) in [5.41, 5.74) is 3.33. The third-order valence-electron chi connectivity index (χ3n) is 6.38. The fraction of sp³-hybridized carbons (Fsp3) is 0.240. The number of nitrogens with one attached hydrogen (secondary N) is 1. The lowest BCUT2D eigenvalue weighted by molar-refractivity contribution is 0.0715. The van der Waals surface area contributed by atoms with Crippen LogP contribution in [0.4, 0.5) is 10.3 Å². The van der Waals surface area contributed by atoms with Crippen molar-refractivity contribution >= 4 is 17.1 Å². The zero-order valence-corrected chi connectivity index (χ0v) is 19.5. The predicted molar refractivity (Wildman–Crippen MR) is 128 cm³/mol. The maximum absolute atomic E-state index is 14.6. The molecule has 11 heteroatoms. The lowest BCUT2D eigenvalue weighted by Crippen LogP contribution is -2.20. The first-order valence-electron chi connectivity index (χ1n) is 11.4. The highest BCUT2D eigenvalue weighted by molar-refractivity contribution is 5.90. The molecule has 6 rings (SSSR count). The average molecular weight is 484 g/mol. The fourth-order valence-electron chi connectivity index (χ4n) is 4.68. The first-order valence-corrected chi connectivity index (χ1v) is 11.4. The van der Waals surface area contributed by atoms with Crippen molar-refractivity contribution in [3.05, 3.63) is 71.4 Å². The van der Waals surface area contributed by atoms with Crippen LogP contribution in [-0.4, -0.2) is 40.7 Å². The van der Waals surface area contributed by atoms with Gasteiger partial charge in [0.15, 0.2) is 11.3 Å². The molecule has 0 aliphatic carbocycles. The summed E-state index contributed by atoms with van der Waals surface area (Å²) in [7, 11) is 0. The molecule has 1 aliphatic heterocycles. The molecule has 0 atom stereocenters. The van der Waals surface area contributed by atoms with E-state index in [4.69, 9.17) is 4.74 Å². The number of pyridine rings is 1. The number of hydrogen-bond donors (Lipinski definition) is 2. The molecule has 36 heavy (non-hydrogen) atoms. The van der Waals surface area contributed by atoms with Crippen LogP contribution in [0.15, 0.2) is 43.1 Å². The highest BCUT2D eigenvalue weighted by Gasteiger charge is 2.24. The number of hydrogen-bond acceptors (Lipinski definition) is 8. The largest absolute Gasteiger partial charge is 0.493 e. The Labute approximate surface area is 204 Å². The van der Waals surface area contributed by atoms with Gasteiger partial charge in [-0.2, -0.15) is 10.4 Å². The van der Waals surface area contributed by atoms with Gasteiger partial charge in [0.1, 0.15) is 35.9 Å². The van der Waals surface area contributed by atoms with Crippen LogP contribution in [0.1, 0.15) is 36.4 Å². The topological polar surface area (TPSA) is 126 Å². The number of rotatable bonds is 5. The van der Waals surface area contributed by atoms with E-state index in [2.05, 4.69) is 31.4 Å². The SMILES string of the molecule is CC(C)(O)c1ccc(-c2cnc(NCc3c(F)ccc4c3CCO4)n3cnc(C#N)c23)c2ncnn12. The Morgan fingerprint density at radius 3 is 2.86 bits per heavy atom. The number of aliphatic hydroxyl groups is 1. The Hall–Kier alpha value is -4.56. The summed E-state index contributed by atoms with van der Waals surface area (Å²) in [6.45, 7) is 4.06. The average Bonchev–Trinajstić information content (AvgIpc) is 3.61. The standard InChI is InChI=1S/C25H21FN8O2/c1-25(2,35)21-6-3-15(23-30-12-32-34(21)23)17-11-29-24(33-13-31-19(9-27)22(17)33)28-10-16-14-7-8-36-20(14)5-4-18(16)26/h3-6,11-13,35H,7-8,10H2,1-2H3,(H,28,29). The molecule has 0 saturated carbocycles. The molecule has 0 amide bonds. The number of benzene rings is 1. The van der Waals surface area contributed by atoms with E-state index < -0.39 is 5.60 Å². The van der Waals surface area contributed by atoms with Crippen molar-refractivity contribution in [1.29, 1.82) is 5.26 Å². The van der Waals surface area contributed by atoms with E-state index in [-0.39, 0.29) is 18.1 Å². The highest BCUT2D eigenvalue weighted by atomic mass is 19.1. The molecular formula is C25H21FN8O2. The van der Waals surface area contributed by atoms with Crippen molar-refractivity contribution in [3.8, 4) is 22.9 Å². The third kappa shape index (κ3) is 3.34. The highest BCUT2D eigenvalue weighted by Crippen LogP contribution is 2.34. The minimum absolute atomic E-state index is 0.189. The first-order chi connectivity index (χ1) is 17.4. The summed E-state index contributed by atoms with van der Waals surface area (Å²) in [6, 6.07) is 8.77. The molecule has 1 aliphatic rings. The normalized spacial score (nSPS) is 13.1. The van der Waals surface area contributed by atoms with Crippen LogP contribution in [0.25, 0.3) is 22.3 Å². The van der Waals surface area contributed by atoms with Crippen LogP contribution in [-0.2, 0) is 18.6 Å². The van der Waals surface area contributed by atoms with E-state index in [0.29, 0.717) is 58.3 Å². The third-order valence-corrected chi connectivity index (χ3v) is 6.38. The number of aromatic nitrogens is 6. The van der Waals surface area contributed by atoms with Crippen LogP contribution < -0.4 is 10.1 Å². The second kappa shape index (κ2) is 8.00. The van der Waals surface area contributed by atoms with Gasteiger partial charge in [-0.3, -0.25) is 4.40 Å². The maximum Gasteiger partial charge on any atom is 0.209 e. The van der Waals surface area contributed by atoms with Gasteiger partial charge in [-0.05, 0) is 38.1 Å². The van der Waals surface area contributed by atoms with Crippen LogP contribution in [0, 0.1) is 17.1 Å². The molecule has 5 aromatic rings. The number of ether oxygens (including phenoxy) is 1. The summed E-state index contributed by atoms with van der Waals surface area (Å²) in [5.74, 6) is 0.788. The summed E-state index contributed by atoms with van der Waals surface area (Å²) in [5, 5.41) is 27.8. The lowest BCUT2D eigenvalue weighted by Gasteiger charge is -2.19. The molecule has 0 radical (unpaired) electrons. The molecule has 0 saturated heterocycles. The van der Waals surface area contributed by atoms with E-state index in [1.54, 1.807) is 41.1 Å². The summed E-state index contributed by atoms with van der Waals surface area (Å²) in [6.07, 6.45) is 5.19. The maximum atomic E-state index is 14.6. The molecule has 0 spiro atoms. The van der Waals surface area contributed by atoms with E-state index >= 15 is 0 Å². The van der Waals surface area contributed by atoms with Crippen LogP contribution in [0.3, 0.4) is 0 Å². The second-order valence-electron chi connectivity index (χ2n) is 9.06. The molecule has 10 nitrogen and oxygen atoms in total. The summed E-state index contributed by atoms with van der Waals surface area (Å²) >= 11 is 0. The molecule has 5 heterocycles. The summed E-state index contributed by atoms with van der Waals surface area (Å²) in [4.78, 5) is 13.2. The van der Waals surface area contributed by atoms with Gasteiger partial charge in [-0.25, -0.2) is 23.9 Å². The monoisotopic (exact) mass is 484 g/mol. The Morgan fingerprint density at radius 2 is 2.06 bits per heavy atom. The lowest BCUT2D eigenvalue weighted by atomic mass is 10.0. The second-order valence-corrected chi connectivity index (χ2v) is 9.06. The predicted octanol–water partition coefficient (Wildman–Crippen LogP) is 3.22. The molecule has 1 aromatic carbocycles. The molecule has 0 unspecified atom stereocenters. The van der Waals surface area contributed by atoms with E-state index in [9.17, 15) is 14.8 Å². The van der Waals surface area contributed by atoms with E-state index in [1.165, 1.54) is 18.7 Å². The van der Waals surface area contributed by atoms with Crippen molar-refractivity contribution in [3.63, 3.8) is 0 Å². The minimum Gasteiger partial charge on any atom is -0.493 e. The van der Waals surface area contributed by atoms with Gasteiger partial charge in [0.25, 0.3) is 0 Å². The van der Waals surface area contributed by atoms with Crippen molar-refractivity contribution in [2.24, 2.45) is 0 Å². The Bertz CT molecular complexity index is 1690. The molecule has 0 bridgehead atoms. The van der Waals surface area contributed by atoms with Gasteiger partial charge in [0.2, 0.25) is 5.95 Å². The Kier molecular flexibility index (Phi) is 4.87. The van der Waals surface area contributed by atoms with Gasteiger partial charge in [0, 0.05) is 41.4 Å². The van der Waals surface area contributed by atoms with Crippen LogP contribution >= 0.6 is 0 Å². The van der Waals surface area contributed by atoms with Gasteiger partial charge < -0.3 is 15.2 Å². The molecular weight excluding hydrogens is 463 g/mol. The van der Waals surface area contributed by atoms with Gasteiger partial charge in [-0.15, -0.1) is 0 Å². The van der Waals surface area contributed by atoms with Crippen molar-refractivity contribution in [2.45, 2.75) is 32.4 Å². The van der Waals surface area contributed by atoms with Gasteiger partial charge in [0.05, 0.1) is 17.8 Å². The van der Waals surface area contributed by atoms with Crippen molar-refractivity contribution in [2.75, 3.05) is 11.9 Å². The van der Waals surface area contributed by atoms with Crippen molar-refractivity contribution < 1.29 is 14.2 Å². The van der Waals surface area contributed by atoms with Gasteiger partial charge in [-0.1, -0.05) is 0 Å². The van der Waals surface area contributed by atoms with Crippen LogP contribution in [0.2, 0.25) is 0 Å². The number of imidazole rings is 1. The molecule has 180 valence electrons.